The Hall–Kier alpha value is -2.37. The monoisotopic (exact) mass is 511 g/mol. The van der Waals surface area contributed by atoms with E-state index in [2.05, 4.69) is 43.0 Å². The molecule has 1 heterocycles. The largest absolute Gasteiger partial charge is 0.444 e. The summed E-state index contributed by atoms with van der Waals surface area (Å²) >= 11 is 2.08. The number of amidine groups is 1. The van der Waals surface area contributed by atoms with Gasteiger partial charge in [-0.05, 0) is 76.3 Å². The molecule has 9 nitrogen and oxygen atoms in total. The van der Waals surface area contributed by atoms with Crippen molar-refractivity contribution in [2.75, 3.05) is 0 Å². The number of nitrogen functional groups attached to an aromatic ring is 1. The molecule has 0 aliphatic carbocycles. The van der Waals surface area contributed by atoms with Gasteiger partial charge < -0.3 is 10.5 Å². The van der Waals surface area contributed by atoms with E-state index in [9.17, 15) is 4.79 Å². The number of nitrogens with zero attached hydrogens (tertiary/aromatic N) is 5. The Morgan fingerprint density at radius 1 is 1.14 bits per heavy atom. The molecule has 0 fully saturated rings. The molecule has 1 amide bonds. The molecule has 0 bridgehead atoms. The van der Waals surface area contributed by atoms with Crippen LogP contribution in [0.1, 0.15) is 52.7 Å². The number of aromatic nitrogens is 4. The van der Waals surface area contributed by atoms with Crippen LogP contribution >= 0.6 is 22.6 Å². The summed E-state index contributed by atoms with van der Waals surface area (Å²) in [6.07, 6.45) is 0.800. The van der Waals surface area contributed by atoms with Gasteiger partial charge in [-0.25, -0.2) is 4.79 Å². The molecule has 1 aromatic heterocycles. The predicted octanol–water partition coefficient (Wildman–Crippen LogP) is 3.36. The predicted molar refractivity (Wildman–Crippen MR) is 118 cm³/mol. The summed E-state index contributed by atoms with van der Waals surface area (Å²) in [5, 5.41) is 23.3. The summed E-state index contributed by atoms with van der Waals surface area (Å²) in [5.74, 6) is 0.222. The lowest BCUT2D eigenvalue weighted by Gasteiger charge is -2.44. The number of rotatable bonds is 4. The summed E-state index contributed by atoms with van der Waals surface area (Å²) in [6, 6.07) is 3.53. The molecule has 156 valence electrons. The van der Waals surface area contributed by atoms with Crippen LogP contribution in [-0.4, -0.2) is 48.3 Å². The zero-order chi connectivity index (χ0) is 22.0. The van der Waals surface area contributed by atoms with E-state index in [0.717, 1.165) is 3.57 Å². The van der Waals surface area contributed by atoms with Crippen molar-refractivity contribution in [1.29, 1.82) is 5.41 Å². The van der Waals surface area contributed by atoms with E-state index < -0.39 is 17.2 Å². The third-order valence-electron chi connectivity index (χ3n) is 3.98. The molecule has 0 radical (unpaired) electrons. The number of hydrogen-bond donors (Lipinski definition) is 2. The molecule has 0 saturated heterocycles. The number of amides is 1. The highest BCUT2D eigenvalue weighted by Crippen LogP contribution is 2.28. The minimum absolute atomic E-state index is 0.0477. The van der Waals surface area contributed by atoms with Crippen LogP contribution in [0.15, 0.2) is 18.5 Å². The molecule has 29 heavy (non-hydrogen) atoms. The second-order valence-corrected chi connectivity index (χ2v) is 9.67. The van der Waals surface area contributed by atoms with Crippen LogP contribution < -0.4 is 5.73 Å². The zero-order valence-corrected chi connectivity index (χ0v) is 19.6. The van der Waals surface area contributed by atoms with Crippen molar-refractivity contribution in [3.8, 4) is 11.4 Å². The first-order chi connectivity index (χ1) is 13.3. The van der Waals surface area contributed by atoms with Crippen LogP contribution in [-0.2, 0) is 11.3 Å². The first-order valence-electron chi connectivity index (χ1n) is 8.97. The Morgan fingerprint density at radius 2 is 1.69 bits per heavy atom. The van der Waals surface area contributed by atoms with E-state index in [1.165, 1.54) is 6.33 Å². The minimum atomic E-state index is -0.445. The number of halogens is 1. The van der Waals surface area contributed by atoms with E-state index in [-0.39, 0.29) is 12.4 Å². The lowest BCUT2D eigenvalue weighted by molar-refractivity contribution is 0.0170. The number of ether oxygens (including phenoxy) is 1. The SMILES string of the molecule is CC(C)(C)N(C(=O)OCc1cc(-c2nncnn2)cc(I)c1C(=N)N)C(C)(C)C. The topological polar surface area (TPSA) is 131 Å². The van der Waals surface area contributed by atoms with E-state index in [1.807, 2.05) is 41.5 Å². The number of hydrogen-bond acceptors (Lipinski definition) is 7. The van der Waals surface area contributed by atoms with E-state index in [0.29, 0.717) is 22.5 Å². The van der Waals surface area contributed by atoms with Gasteiger partial charge in [0.05, 0.1) is 0 Å². The maximum atomic E-state index is 12.9. The van der Waals surface area contributed by atoms with Gasteiger partial charge in [0.2, 0.25) is 5.82 Å². The Balaban J connectivity index is 2.39. The van der Waals surface area contributed by atoms with E-state index >= 15 is 0 Å². The molecule has 0 saturated carbocycles. The quantitative estimate of drug-likeness (QED) is 0.366. The molecule has 1 aromatic carbocycles. The highest BCUT2D eigenvalue weighted by molar-refractivity contribution is 14.1. The number of carbonyl (C=O) groups excluding carboxylic acids is 1. The van der Waals surface area contributed by atoms with Crippen LogP contribution in [0.3, 0.4) is 0 Å². The fourth-order valence-electron chi connectivity index (χ4n) is 3.29. The lowest BCUT2D eigenvalue weighted by Crippen LogP contribution is -2.55. The van der Waals surface area contributed by atoms with Crippen molar-refractivity contribution in [1.82, 2.24) is 25.3 Å². The molecular formula is C19H26IN7O2. The Kier molecular flexibility index (Phi) is 6.76. The molecule has 3 N–H and O–H groups in total. The molecule has 2 aromatic rings. The smallest absolute Gasteiger partial charge is 0.410 e. The number of benzene rings is 1. The van der Waals surface area contributed by atoms with Crippen molar-refractivity contribution in [3.63, 3.8) is 0 Å². The fraction of sp³-hybridized carbons (Fsp3) is 0.474. The molecule has 10 heteroatoms. The van der Waals surface area contributed by atoms with Crippen LogP contribution in [0, 0.1) is 8.98 Å². The van der Waals surface area contributed by atoms with Crippen LogP contribution in [0.2, 0.25) is 0 Å². The summed E-state index contributed by atoms with van der Waals surface area (Å²) in [5.41, 5.74) is 6.67. The Labute approximate surface area is 184 Å². The van der Waals surface area contributed by atoms with Gasteiger partial charge in [0, 0.05) is 31.3 Å². The molecule has 0 spiro atoms. The Morgan fingerprint density at radius 3 is 2.17 bits per heavy atom. The van der Waals surface area contributed by atoms with Crippen molar-refractivity contribution < 1.29 is 9.53 Å². The van der Waals surface area contributed by atoms with Gasteiger partial charge in [-0.15, -0.1) is 20.4 Å². The average molecular weight is 511 g/mol. The van der Waals surface area contributed by atoms with E-state index in [1.54, 1.807) is 17.0 Å². The first kappa shape index (κ1) is 22.9. The number of nitrogens with one attached hydrogen (secondary N) is 1. The van der Waals surface area contributed by atoms with Gasteiger partial charge in [0.1, 0.15) is 12.4 Å². The summed E-state index contributed by atoms with van der Waals surface area (Å²) in [7, 11) is 0. The molecule has 0 atom stereocenters. The maximum absolute atomic E-state index is 12.9. The average Bonchev–Trinajstić information content (AvgIpc) is 2.57. The lowest BCUT2D eigenvalue weighted by atomic mass is 9.97. The molecule has 0 unspecified atom stereocenters. The zero-order valence-electron chi connectivity index (χ0n) is 17.4. The first-order valence-corrected chi connectivity index (χ1v) is 10.0. The minimum Gasteiger partial charge on any atom is -0.444 e. The highest BCUT2D eigenvalue weighted by atomic mass is 127. The van der Waals surface area contributed by atoms with Crippen LogP contribution in [0.5, 0.6) is 0 Å². The van der Waals surface area contributed by atoms with Crippen LogP contribution in [0.4, 0.5) is 4.79 Å². The molecule has 0 aliphatic rings. The van der Waals surface area contributed by atoms with Crippen molar-refractivity contribution in [2.24, 2.45) is 5.73 Å². The normalized spacial score (nSPS) is 11.8. The molecule has 0 aliphatic heterocycles. The standard InChI is InChI=1S/C19H26IN7O2/c1-18(2,3)27(19(4,5)6)17(28)29-9-12-7-11(16-25-23-10-24-26-16)8-13(20)14(12)15(21)22/h7-8,10H,9H2,1-6H3,(H3,21,22). The summed E-state index contributed by atoms with van der Waals surface area (Å²) < 4.78 is 6.36. The van der Waals surface area contributed by atoms with Gasteiger partial charge in [-0.3, -0.25) is 10.3 Å². The van der Waals surface area contributed by atoms with E-state index in [4.69, 9.17) is 15.9 Å². The second-order valence-electron chi connectivity index (χ2n) is 8.51. The van der Waals surface area contributed by atoms with Crippen LogP contribution in [0.25, 0.3) is 11.4 Å². The number of carbonyl (C=O) groups is 1. The third-order valence-corrected chi connectivity index (χ3v) is 4.83. The third kappa shape index (κ3) is 5.58. The van der Waals surface area contributed by atoms with Gasteiger partial charge in [-0.2, -0.15) is 0 Å². The second kappa shape index (κ2) is 8.56. The van der Waals surface area contributed by atoms with Gasteiger partial charge in [-0.1, -0.05) is 0 Å². The fourth-order valence-corrected chi connectivity index (χ4v) is 4.26. The molecular weight excluding hydrogens is 485 g/mol. The van der Waals surface area contributed by atoms with Crippen molar-refractivity contribution in [3.05, 3.63) is 33.2 Å². The van der Waals surface area contributed by atoms with Crippen molar-refractivity contribution in [2.45, 2.75) is 59.2 Å². The van der Waals surface area contributed by atoms with Crippen molar-refractivity contribution >= 4 is 34.5 Å². The number of nitrogens with two attached hydrogens (primary N) is 1. The highest BCUT2D eigenvalue weighted by Gasteiger charge is 2.37. The van der Waals surface area contributed by atoms with Gasteiger partial charge in [0.15, 0.2) is 6.33 Å². The maximum Gasteiger partial charge on any atom is 0.410 e. The summed E-state index contributed by atoms with van der Waals surface area (Å²) in [4.78, 5) is 14.6. The summed E-state index contributed by atoms with van der Waals surface area (Å²) in [6.45, 7) is 11.7. The molecule has 2 rings (SSSR count). The van der Waals surface area contributed by atoms with Gasteiger partial charge in [0.25, 0.3) is 0 Å². The van der Waals surface area contributed by atoms with Gasteiger partial charge >= 0.3 is 6.09 Å². The Bertz CT molecular complexity index is 891.